The molecule has 0 fully saturated rings. The molecule has 2 N–H and O–H groups in total. The minimum atomic E-state index is -4.15. The zero-order chi connectivity index (χ0) is 16.6. The monoisotopic (exact) mass is 443 g/mol. The Morgan fingerprint density at radius 2 is 1.96 bits per heavy atom. The Kier molecular flexibility index (Phi) is 10.3. The number of benzene rings is 1. The fourth-order valence-electron chi connectivity index (χ4n) is 1.97. The lowest BCUT2D eigenvalue weighted by Gasteiger charge is -2.14. The van der Waals surface area contributed by atoms with E-state index in [0.29, 0.717) is 19.0 Å². The van der Waals surface area contributed by atoms with E-state index in [9.17, 15) is 13.2 Å². The van der Waals surface area contributed by atoms with E-state index >= 15 is 0 Å². The molecule has 0 aliphatic rings. The van der Waals surface area contributed by atoms with E-state index in [1.54, 1.807) is 0 Å². The summed E-state index contributed by atoms with van der Waals surface area (Å²) in [6.07, 6.45) is -5.02. The summed E-state index contributed by atoms with van der Waals surface area (Å²) in [6.45, 7) is 6.92. The normalized spacial score (nSPS) is 13.2. The average Bonchev–Trinajstić information content (AvgIpc) is 2.43. The van der Waals surface area contributed by atoms with Crippen LogP contribution in [0.5, 0.6) is 0 Å². The van der Waals surface area contributed by atoms with Gasteiger partial charge in [-0.3, -0.25) is 4.99 Å². The van der Waals surface area contributed by atoms with Gasteiger partial charge in [-0.2, -0.15) is 13.2 Å². The van der Waals surface area contributed by atoms with Crippen LogP contribution >= 0.6 is 24.0 Å². The van der Waals surface area contributed by atoms with Crippen molar-refractivity contribution in [2.24, 2.45) is 4.99 Å². The molecule has 1 aromatic rings. The van der Waals surface area contributed by atoms with Crippen LogP contribution in [0.4, 0.5) is 13.2 Å². The fraction of sp³-hybridized carbons (Fsp3) is 0.562. The summed E-state index contributed by atoms with van der Waals surface area (Å²) in [7, 11) is 0. The largest absolute Gasteiger partial charge is 0.390 e. The van der Waals surface area contributed by atoms with Crippen molar-refractivity contribution in [2.75, 3.05) is 19.6 Å². The Morgan fingerprint density at radius 1 is 1.26 bits per heavy atom. The van der Waals surface area contributed by atoms with E-state index in [4.69, 9.17) is 0 Å². The highest BCUT2D eigenvalue weighted by Gasteiger charge is 2.26. The van der Waals surface area contributed by atoms with Gasteiger partial charge in [0.2, 0.25) is 0 Å². The van der Waals surface area contributed by atoms with E-state index in [1.165, 1.54) is 11.1 Å². The molecule has 0 saturated heterocycles. The molecule has 0 bridgehead atoms. The minimum Gasteiger partial charge on any atom is -0.357 e. The Balaban J connectivity index is 0.00000484. The molecule has 0 aliphatic heterocycles. The van der Waals surface area contributed by atoms with Crippen LogP contribution < -0.4 is 10.6 Å². The molecule has 0 heterocycles. The maximum Gasteiger partial charge on any atom is 0.390 e. The van der Waals surface area contributed by atoms with Crippen molar-refractivity contribution in [1.29, 1.82) is 0 Å². The van der Waals surface area contributed by atoms with E-state index in [0.717, 1.165) is 0 Å². The van der Waals surface area contributed by atoms with Crippen molar-refractivity contribution >= 4 is 29.9 Å². The number of alkyl halides is 3. The second-order valence-electron chi connectivity index (χ2n) is 5.33. The predicted molar refractivity (Wildman–Crippen MR) is 99.7 cm³/mol. The maximum atomic E-state index is 12.2. The number of nitrogens with zero attached hydrogens (tertiary/aromatic N) is 1. The topological polar surface area (TPSA) is 36.4 Å². The fourth-order valence-corrected chi connectivity index (χ4v) is 1.97. The highest BCUT2D eigenvalue weighted by molar-refractivity contribution is 14.0. The summed E-state index contributed by atoms with van der Waals surface area (Å²) >= 11 is 0. The van der Waals surface area contributed by atoms with Gasteiger partial charge < -0.3 is 10.6 Å². The van der Waals surface area contributed by atoms with Gasteiger partial charge in [0.15, 0.2) is 5.96 Å². The Labute approximate surface area is 153 Å². The molecule has 132 valence electrons. The molecule has 1 aromatic carbocycles. The zero-order valence-corrected chi connectivity index (χ0v) is 16.0. The van der Waals surface area contributed by atoms with E-state index in [1.807, 2.05) is 32.0 Å². The first-order chi connectivity index (χ1) is 10.3. The number of aliphatic imine (C=N–C) groups is 1. The predicted octanol–water partition coefficient (Wildman–Crippen LogP) is 4.22. The number of halogens is 4. The molecule has 7 heteroatoms. The second-order valence-corrected chi connectivity index (χ2v) is 5.33. The molecule has 0 aliphatic carbocycles. The molecule has 0 aromatic heterocycles. The SMILES string of the molecule is CCNC(=NCC(C)c1cccc(C)c1)NCCC(F)(F)F.I. The summed E-state index contributed by atoms with van der Waals surface area (Å²) in [5.74, 6) is 0.629. The first-order valence-electron chi connectivity index (χ1n) is 7.47. The number of rotatable bonds is 6. The average molecular weight is 443 g/mol. The Bertz CT molecular complexity index is 490. The van der Waals surface area contributed by atoms with Crippen LogP contribution in [-0.2, 0) is 0 Å². The summed E-state index contributed by atoms with van der Waals surface area (Å²) in [4.78, 5) is 4.37. The van der Waals surface area contributed by atoms with Crippen molar-refractivity contribution in [3.8, 4) is 0 Å². The molecule has 1 unspecified atom stereocenters. The van der Waals surface area contributed by atoms with Crippen LogP contribution in [-0.4, -0.2) is 31.8 Å². The van der Waals surface area contributed by atoms with Crippen molar-refractivity contribution in [1.82, 2.24) is 10.6 Å². The van der Waals surface area contributed by atoms with Crippen LogP contribution in [0.15, 0.2) is 29.3 Å². The van der Waals surface area contributed by atoms with Crippen molar-refractivity contribution in [3.63, 3.8) is 0 Å². The van der Waals surface area contributed by atoms with Gasteiger partial charge in [0.1, 0.15) is 0 Å². The molecule has 1 atom stereocenters. The second kappa shape index (κ2) is 10.7. The lowest BCUT2D eigenvalue weighted by Crippen LogP contribution is -2.39. The maximum absolute atomic E-state index is 12.2. The van der Waals surface area contributed by atoms with Crippen LogP contribution in [0.25, 0.3) is 0 Å². The van der Waals surface area contributed by atoms with Gasteiger partial charge in [-0.15, -0.1) is 24.0 Å². The van der Waals surface area contributed by atoms with Crippen LogP contribution in [0.1, 0.15) is 37.3 Å². The first kappa shape index (κ1) is 22.0. The third-order valence-electron chi connectivity index (χ3n) is 3.18. The number of hydrogen-bond acceptors (Lipinski definition) is 1. The number of nitrogens with one attached hydrogen (secondary N) is 2. The molecular formula is C16H25F3IN3. The minimum absolute atomic E-state index is 0. The van der Waals surface area contributed by atoms with Gasteiger partial charge in [-0.05, 0) is 19.4 Å². The quantitative estimate of drug-likeness (QED) is 0.393. The smallest absolute Gasteiger partial charge is 0.357 e. The van der Waals surface area contributed by atoms with Crippen molar-refractivity contribution < 1.29 is 13.2 Å². The number of hydrogen-bond donors (Lipinski definition) is 2. The van der Waals surface area contributed by atoms with E-state index in [-0.39, 0.29) is 36.4 Å². The summed E-state index contributed by atoms with van der Waals surface area (Å²) < 4.78 is 36.5. The van der Waals surface area contributed by atoms with Gasteiger partial charge in [-0.25, -0.2) is 0 Å². The number of guanidine groups is 1. The highest BCUT2D eigenvalue weighted by Crippen LogP contribution is 2.18. The first-order valence-corrected chi connectivity index (χ1v) is 7.47. The lowest BCUT2D eigenvalue weighted by molar-refractivity contribution is -0.132. The molecular weight excluding hydrogens is 418 g/mol. The van der Waals surface area contributed by atoms with Crippen molar-refractivity contribution in [2.45, 2.75) is 39.3 Å². The van der Waals surface area contributed by atoms with Gasteiger partial charge in [0, 0.05) is 25.6 Å². The highest BCUT2D eigenvalue weighted by atomic mass is 127. The van der Waals surface area contributed by atoms with Crippen LogP contribution in [0.3, 0.4) is 0 Å². The standard InChI is InChI=1S/C16H24F3N3.HI/c1-4-20-15(21-9-8-16(17,18)19)22-11-13(3)14-7-5-6-12(2)10-14;/h5-7,10,13H,4,8-9,11H2,1-3H3,(H2,20,21,22);1H. The van der Waals surface area contributed by atoms with E-state index < -0.39 is 12.6 Å². The summed E-state index contributed by atoms with van der Waals surface area (Å²) in [5.41, 5.74) is 2.36. The third kappa shape index (κ3) is 9.68. The molecule has 0 saturated carbocycles. The van der Waals surface area contributed by atoms with Crippen molar-refractivity contribution in [3.05, 3.63) is 35.4 Å². The Morgan fingerprint density at radius 3 is 2.52 bits per heavy atom. The Hall–Kier alpha value is -0.990. The van der Waals surface area contributed by atoms with Gasteiger partial charge >= 0.3 is 6.18 Å². The molecule has 0 radical (unpaired) electrons. The van der Waals surface area contributed by atoms with Gasteiger partial charge in [-0.1, -0.05) is 36.8 Å². The molecule has 1 rings (SSSR count). The molecule has 3 nitrogen and oxygen atoms in total. The van der Waals surface area contributed by atoms with Crippen LogP contribution in [0, 0.1) is 6.92 Å². The zero-order valence-electron chi connectivity index (χ0n) is 13.7. The summed E-state index contributed by atoms with van der Waals surface area (Å²) in [6, 6.07) is 8.17. The third-order valence-corrected chi connectivity index (χ3v) is 3.18. The summed E-state index contributed by atoms with van der Waals surface area (Å²) in [5, 5.41) is 5.67. The van der Waals surface area contributed by atoms with Gasteiger partial charge in [0.05, 0.1) is 6.42 Å². The number of aryl methyl sites for hydroxylation is 1. The molecule has 0 amide bonds. The molecule has 23 heavy (non-hydrogen) atoms. The van der Waals surface area contributed by atoms with Crippen LogP contribution in [0.2, 0.25) is 0 Å². The lowest BCUT2D eigenvalue weighted by atomic mass is 10.00. The van der Waals surface area contributed by atoms with Gasteiger partial charge in [0.25, 0.3) is 0 Å². The molecule has 0 spiro atoms. The van der Waals surface area contributed by atoms with E-state index in [2.05, 4.69) is 28.6 Å².